The van der Waals surface area contributed by atoms with Crippen LogP contribution in [0.1, 0.15) is 79.4 Å². The van der Waals surface area contributed by atoms with Crippen molar-refractivity contribution in [2.24, 2.45) is 10.8 Å². The zero-order chi connectivity index (χ0) is 38.6. The Bertz CT molecular complexity index is 2490. The third kappa shape index (κ3) is 6.64. The van der Waals surface area contributed by atoms with E-state index in [9.17, 15) is 14.7 Å². The van der Waals surface area contributed by atoms with E-state index in [1.54, 1.807) is 12.1 Å². The van der Waals surface area contributed by atoms with E-state index in [1.165, 1.54) is 0 Å². The van der Waals surface area contributed by atoms with Gasteiger partial charge < -0.3 is 23.4 Å². The van der Waals surface area contributed by atoms with Gasteiger partial charge in [-0.3, -0.25) is 0 Å². The van der Waals surface area contributed by atoms with E-state index in [1.807, 2.05) is 106 Å². The summed E-state index contributed by atoms with van der Waals surface area (Å²) in [6, 6.07) is 30.7. The van der Waals surface area contributed by atoms with Crippen LogP contribution < -0.4 is 20.7 Å². The Hall–Kier alpha value is -5.14. The number of fused-ring (bicyclic) bond motifs is 2. The molecule has 1 N–H and O–H groups in total. The van der Waals surface area contributed by atoms with Gasteiger partial charge in [0.2, 0.25) is 0 Å². The van der Waals surface area contributed by atoms with E-state index in [4.69, 9.17) is 18.3 Å². The number of aryl methyl sites for hydroxylation is 2. The number of hydrogen-bond acceptors (Lipinski definition) is 7. The van der Waals surface area contributed by atoms with Crippen molar-refractivity contribution in [3.05, 3.63) is 129 Å². The SMILES string of the molecule is CCc1ccccc1-c1cc2ccc(OC(C)(C)CC3(C)C(O)C(C)(C)CC3(C)Oc3ccc4cc(-c5ccccc5CC)c(=O)oc4c3)cc2oc1=O. The summed E-state index contributed by atoms with van der Waals surface area (Å²) in [6.45, 7) is 16.4. The third-order valence-electron chi connectivity index (χ3n) is 11.7. The van der Waals surface area contributed by atoms with Crippen LogP contribution in [0.15, 0.2) is 115 Å². The van der Waals surface area contributed by atoms with Crippen LogP contribution in [0.25, 0.3) is 44.2 Å². The lowest BCUT2D eigenvalue weighted by molar-refractivity contribution is -0.105. The summed E-state index contributed by atoms with van der Waals surface area (Å²) in [6.07, 6.45) is 1.90. The molecule has 7 heteroatoms. The zero-order valence-corrected chi connectivity index (χ0v) is 32.5. The smallest absolute Gasteiger partial charge is 0.344 e. The van der Waals surface area contributed by atoms with Crippen molar-refractivity contribution in [1.29, 1.82) is 0 Å². The van der Waals surface area contributed by atoms with E-state index in [-0.39, 0.29) is 0 Å². The zero-order valence-electron chi connectivity index (χ0n) is 32.5. The van der Waals surface area contributed by atoms with E-state index >= 15 is 0 Å². The Morgan fingerprint density at radius 2 is 1.17 bits per heavy atom. The number of aliphatic hydroxyl groups excluding tert-OH is 1. The molecular weight excluding hydrogens is 677 g/mol. The number of rotatable bonds is 10. The lowest BCUT2D eigenvalue weighted by Crippen LogP contribution is -2.53. The second-order valence-corrected chi connectivity index (χ2v) is 16.7. The van der Waals surface area contributed by atoms with Crippen molar-refractivity contribution < 1.29 is 23.4 Å². The van der Waals surface area contributed by atoms with Crippen LogP contribution in [0.3, 0.4) is 0 Å². The Kier molecular flexibility index (Phi) is 9.38. The fraction of sp³-hybridized carbons (Fsp3) is 0.362. The van der Waals surface area contributed by atoms with Crippen molar-refractivity contribution in [1.82, 2.24) is 0 Å². The van der Waals surface area contributed by atoms with Gasteiger partial charge in [-0.15, -0.1) is 0 Å². The normalized spacial score (nSPS) is 21.1. The van der Waals surface area contributed by atoms with E-state index < -0.39 is 39.4 Å². The first-order valence-electron chi connectivity index (χ1n) is 18.9. The molecule has 0 aliphatic heterocycles. The average Bonchev–Trinajstić information content (AvgIpc) is 3.25. The van der Waals surface area contributed by atoms with E-state index in [0.29, 0.717) is 46.6 Å². The first-order valence-corrected chi connectivity index (χ1v) is 18.9. The molecule has 280 valence electrons. The summed E-state index contributed by atoms with van der Waals surface area (Å²) in [5.41, 5.74) is 2.25. The molecule has 0 saturated heterocycles. The molecule has 3 unspecified atom stereocenters. The molecule has 6 aromatic rings. The maximum absolute atomic E-state index is 13.3. The van der Waals surface area contributed by atoms with E-state index in [2.05, 4.69) is 34.6 Å². The van der Waals surface area contributed by atoms with Gasteiger partial charge in [-0.1, -0.05) is 83.1 Å². The lowest BCUT2D eigenvalue weighted by Gasteiger charge is -2.46. The van der Waals surface area contributed by atoms with Crippen LogP contribution in [0, 0.1) is 10.8 Å². The molecule has 1 aliphatic carbocycles. The Labute approximate surface area is 316 Å². The van der Waals surface area contributed by atoms with Crippen LogP contribution in [0.5, 0.6) is 11.5 Å². The van der Waals surface area contributed by atoms with Crippen LogP contribution in [-0.2, 0) is 12.8 Å². The largest absolute Gasteiger partial charge is 0.488 e. The van der Waals surface area contributed by atoms with Crippen molar-refractivity contribution >= 4 is 21.9 Å². The maximum atomic E-state index is 13.3. The standard InChI is InChI=1S/C47H50O7/c1-9-29-15-11-13-17-35(29)37-23-31-19-21-33(25-39(31)51-41(37)48)53-45(5,6)28-46(7)43(50)44(3,4)27-47(46,8)54-34-22-20-32-24-38(42(49)52-40(32)26-34)36-18-14-12-16-30(36)10-2/h11-26,43,50H,9-10,27-28H2,1-8H3. The number of benzene rings is 4. The molecular formula is C47H50O7. The van der Waals surface area contributed by atoms with Crippen LogP contribution >= 0.6 is 0 Å². The van der Waals surface area contributed by atoms with Crippen LogP contribution in [0.4, 0.5) is 0 Å². The van der Waals surface area contributed by atoms with Gasteiger partial charge in [-0.2, -0.15) is 0 Å². The summed E-state index contributed by atoms with van der Waals surface area (Å²) in [7, 11) is 0. The highest BCUT2D eigenvalue weighted by molar-refractivity contribution is 5.84. The summed E-state index contributed by atoms with van der Waals surface area (Å²) in [5, 5.41) is 13.6. The summed E-state index contributed by atoms with van der Waals surface area (Å²) in [4.78, 5) is 26.5. The number of aliphatic hydroxyl groups is 1. The molecule has 0 bridgehead atoms. The number of hydrogen-bond donors (Lipinski definition) is 1. The third-order valence-corrected chi connectivity index (χ3v) is 11.7. The summed E-state index contributed by atoms with van der Waals surface area (Å²) < 4.78 is 25.3. The first-order chi connectivity index (χ1) is 25.6. The minimum Gasteiger partial charge on any atom is -0.488 e. The minimum absolute atomic E-state index is 0.397. The Morgan fingerprint density at radius 3 is 1.69 bits per heavy atom. The summed E-state index contributed by atoms with van der Waals surface area (Å²) >= 11 is 0. The van der Waals surface area contributed by atoms with Crippen molar-refractivity contribution in [2.75, 3.05) is 0 Å². The van der Waals surface area contributed by atoms with Gasteiger partial charge in [0, 0.05) is 28.3 Å². The molecule has 4 aromatic carbocycles. The lowest BCUT2D eigenvalue weighted by atomic mass is 9.68. The monoisotopic (exact) mass is 726 g/mol. The van der Waals surface area contributed by atoms with Gasteiger partial charge in [0.25, 0.3) is 0 Å². The molecule has 0 amide bonds. The quantitative estimate of drug-likeness (QED) is 0.140. The fourth-order valence-corrected chi connectivity index (χ4v) is 9.12. The highest BCUT2D eigenvalue weighted by atomic mass is 16.5. The predicted octanol–water partition coefficient (Wildman–Crippen LogP) is 10.5. The Morgan fingerprint density at radius 1 is 0.685 bits per heavy atom. The van der Waals surface area contributed by atoms with Gasteiger partial charge in [-0.25, -0.2) is 9.59 Å². The van der Waals surface area contributed by atoms with Crippen molar-refractivity contribution in [3.63, 3.8) is 0 Å². The fourth-order valence-electron chi connectivity index (χ4n) is 9.12. The Balaban J connectivity index is 1.16. The molecule has 7 rings (SSSR count). The van der Waals surface area contributed by atoms with Gasteiger partial charge in [0.15, 0.2) is 0 Å². The van der Waals surface area contributed by atoms with Gasteiger partial charge >= 0.3 is 11.3 Å². The van der Waals surface area contributed by atoms with Gasteiger partial charge in [0.1, 0.15) is 33.9 Å². The molecule has 7 nitrogen and oxygen atoms in total. The van der Waals surface area contributed by atoms with Crippen LogP contribution in [0.2, 0.25) is 0 Å². The predicted molar refractivity (Wildman–Crippen MR) is 215 cm³/mol. The topological polar surface area (TPSA) is 99.1 Å². The van der Waals surface area contributed by atoms with Gasteiger partial charge in [0.05, 0.1) is 17.2 Å². The number of ether oxygens (including phenoxy) is 2. The molecule has 0 spiro atoms. The molecule has 1 saturated carbocycles. The highest BCUT2D eigenvalue weighted by Crippen LogP contribution is 2.60. The average molecular weight is 727 g/mol. The van der Waals surface area contributed by atoms with Crippen molar-refractivity contribution in [3.8, 4) is 33.8 Å². The molecule has 54 heavy (non-hydrogen) atoms. The molecule has 0 radical (unpaired) electrons. The second-order valence-electron chi connectivity index (χ2n) is 16.7. The maximum Gasteiger partial charge on any atom is 0.344 e. The first kappa shape index (κ1) is 37.2. The highest BCUT2D eigenvalue weighted by Gasteiger charge is 2.65. The molecule has 1 aliphatic rings. The van der Waals surface area contributed by atoms with Crippen LogP contribution in [-0.4, -0.2) is 22.4 Å². The molecule has 1 fully saturated rings. The minimum atomic E-state index is -0.827. The second kappa shape index (κ2) is 13.6. The summed E-state index contributed by atoms with van der Waals surface area (Å²) in [5.74, 6) is 1.11. The van der Waals surface area contributed by atoms with Gasteiger partial charge in [-0.05, 0) is 111 Å². The molecule has 2 heterocycles. The van der Waals surface area contributed by atoms with Crippen molar-refractivity contribution in [2.45, 2.75) is 98.4 Å². The van der Waals surface area contributed by atoms with E-state index in [0.717, 1.165) is 45.9 Å². The molecule has 3 atom stereocenters. The molecule has 2 aromatic heterocycles.